The van der Waals surface area contributed by atoms with E-state index in [9.17, 15) is 0 Å². The highest BCUT2D eigenvalue weighted by molar-refractivity contribution is 9.10. The lowest BCUT2D eigenvalue weighted by Crippen LogP contribution is -1.72. The minimum absolute atomic E-state index is 0.475. The summed E-state index contributed by atoms with van der Waals surface area (Å²) in [5, 5.41) is 0. The molecule has 1 rings (SSSR count). The molecule has 0 radical (unpaired) electrons. The van der Waals surface area contributed by atoms with Crippen molar-refractivity contribution in [1.29, 1.82) is 0 Å². The van der Waals surface area contributed by atoms with Crippen molar-refractivity contribution in [2.24, 2.45) is 0 Å². The van der Waals surface area contributed by atoms with E-state index in [1.54, 1.807) is 0 Å². The fraction of sp³-hybridized carbons (Fsp3) is 0.429. The molecule has 0 aliphatic heterocycles. The van der Waals surface area contributed by atoms with Crippen molar-refractivity contribution in [3.63, 3.8) is 0 Å². The molecule has 0 fully saturated rings. The van der Waals surface area contributed by atoms with Crippen LogP contribution in [0.3, 0.4) is 0 Å². The Morgan fingerprint density at radius 3 is 2.40 bits per heavy atom. The lowest BCUT2D eigenvalue weighted by molar-refractivity contribution is 1.17. The molecule has 1 heterocycles. The van der Waals surface area contributed by atoms with Gasteiger partial charge < -0.3 is 0 Å². The van der Waals surface area contributed by atoms with Crippen LogP contribution in [0.25, 0.3) is 0 Å². The first kappa shape index (κ1) is 8.75. The van der Waals surface area contributed by atoms with Gasteiger partial charge in [-0.3, -0.25) is 0 Å². The molecule has 1 aromatic heterocycles. The van der Waals surface area contributed by atoms with Gasteiger partial charge in [-0.1, -0.05) is 15.9 Å². The van der Waals surface area contributed by atoms with Gasteiger partial charge in [0.15, 0.2) is 0 Å². The minimum Gasteiger partial charge on any atom is -0.143 e. The molecule has 0 aliphatic rings. The minimum atomic E-state index is 0.475. The van der Waals surface area contributed by atoms with E-state index in [-0.39, 0.29) is 0 Å². The molecule has 1 aromatic rings. The quantitative estimate of drug-likeness (QED) is 0.675. The van der Waals surface area contributed by atoms with Gasteiger partial charge in [-0.2, -0.15) is 0 Å². The molecule has 0 spiro atoms. The number of thiophene rings is 1. The summed E-state index contributed by atoms with van der Waals surface area (Å²) < 4.78 is 1.22. The van der Waals surface area contributed by atoms with E-state index < -0.39 is 0 Å². The number of rotatable bonds is 1. The summed E-state index contributed by atoms with van der Waals surface area (Å²) in [5.74, 6) is 0. The van der Waals surface area contributed by atoms with E-state index >= 15 is 0 Å². The van der Waals surface area contributed by atoms with Crippen molar-refractivity contribution < 1.29 is 0 Å². The van der Waals surface area contributed by atoms with Crippen molar-refractivity contribution in [2.75, 3.05) is 0 Å². The molecular weight excluding hydrogens is 276 g/mol. The maximum atomic E-state index is 3.52. The molecule has 56 valence electrons. The number of aryl methyl sites for hydroxylation is 1. The summed E-state index contributed by atoms with van der Waals surface area (Å²) in [5.41, 5.74) is 0. The molecule has 0 saturated heterocycles. The maximum absolute atomic E-state index is 3.52. The predicted octanol–water partition coefficient (Wildman–Crippen LogP) is 4.27. The zero-order valence-corrected chi connectivity index (χ0v) is 9.81. The lowest BCUT2D eigenvalue weighted by atomic mass is 10.4. The van der Waals surface area contributed by atoms with E-state index in [1.807, 2.05) is 11.3 Å². The topological polar surface area (TPSA) is 0 Å². The predicted molar refractivity (Wildman–Crippen MR) is 54.1 cm³/mol. The van der Waals surface area contributed by atoms with Crippen LogP contribution >= 0.6 is 43.2 Å². The van der Waals surface area contributed by atoms with Crippen molar-refractivity contribution >= 4 is 43.2 Å². The molecule has 10 heavy (non-hydrogen) atoms. The van der Waals surface area contributed by atoms with Crippen LogP contribution in [0.5, 0.6) is 0 Å². The monoisotopic (exact) mass is 282 g/mol. The fourth-order valence-electron chi connectivity index (χ4n) is 0.678. The standard InChI is InChI=1S/C7H8Br2S/c1-4(8)7-3-6(9)5(2)10-7/h3-4H,1-2H3. The average molecular weight is 284 g/mol. The van der Waals surface area contributed by atoms with Gasteiger partial charge in [-0.05, 0) is 35.8 Å². The third-order valence-electron chi connectivity index (χ3n) is 1.27. The Morgan fingerprint density at radius 2 is 2.20 bits per heavy atom. The van der Waals surface area contributed by atoms with Crippen molar-refractivity contribution in [1.82, 2.24) is 0 Å². The molecule has 0 amide bonds. The van der Waals surface area contributed by atoms with Crippen LogP contribution in [-0.4, -0.2) is 0 Å². The highest BCUT2D eigenvalue weighted by atomic mass is 79.9. The van der Waals surface area contributed by atoms with Crippen LogP contribution in [0, 0.1) is 6.92 Å². The van der Waals surface area contributed by atoms with E-state index in [4.69, 9.17) is 0 Å². The van der Waals surface area contributed by atoms with Gasteiger partial charge >= 0.3 is 0 Å². The first-order valence-corrected chi connectivity index (χ1v) is 5.53. The SMILES string of the molecule is Cc1sc(C(C)Br)cc1Br. The Balaban J connectivity index is 2.98. The Kier molecular flexibility index (Phi) is 2.95. The van der Waals surface area contributed by atoms with Crippen molar-refractivity contribution in [3.8, 4) is 0 Å². The number of halogens is 2. The maximum Gasteiger partial charge on any atom is 0.0461 e. The Labute approximate surface area is 81.9 Å². The second-order valence-corrected chi connectivity index (χ2v) is 5.68. The third-order valence-corrected chi connectivity index (χ3v) is 4.38. The summed E-state index contributed by atoms with van der Waals surface area (Å²) in [6.07, 6.45) is 0. The largest absolute Gasteiger partial charge is 0.143 e. The Hall–Kier alpha value is 0.660. The second kappa shape index (κ2) is 3.37. The molecule has 0 aromatic carbocycles. The van der Waals surface area contributed by atoms with E-state index in [0.29, 0.717) is 4.83 Å². The summed E-state index contributed by atoms with van der Waals surface area (Å²) in [6, 6.07) is 2.17. The van der Waals surface area contributed by atoms with Gasteiger partial charge in [0.1, 0.15) is 0 Å². The molecule has 1 unspecified atom stereocenters. The summed E-state index contributed by atoms with van der Waals surface area (Å²) in [6.45, 7) is 4.26. The van der Waals surface area contributed by atoms with Crippen molar-refractivity contribution in [3.05, 3.63) is 20.3 Å². The number of hydrogen-bond donors (Lipinski definition) is 0. The van der Waals surface area contributed by atoms with Gasteiger partial charge in [0.05, 0.1) is 0 Å². The van der Waals surface area contributed by atoms with Crippen LogP contribution in [0.4, 0.5) is 0 Å². The molecule has 1 atom stereocenters. The van der Waals surface area contributed by atoms with Gasteiger partial charge in [0.2, 0.25) is 0 Å². The van der Waals surface area contributed by atoms with Crippen LogP contribution in [-0.2, 0) is 0 Å². The second-order valence-electron chi connectivity index (χ2n) is 2.17. The average Bonchev–Trinajstić information content (AvgIpc) is 2.13. The van der Waals surface area contributed by atoms with Crippen molar-refractivity contribution in [2.45, 2.75) is 18.7 Å². The molecule has 0 saturated carbocycles. The third kappa shape index (κ3) is 1.83. The van der Waals surface area contributed by atoms with Crippen LogP contribution in [0.1, 0.15) is 21.5 Å². The van der Waals surface area contributed by atoms with Crippen LogP contribution in [0.2, 0.25) is 0 Å². The zero-order valence-electron chi connectivity index (χ0n) is 5.82. The first-order valence-electron chi connectivity index (χ1n) is 3.01. The molecule has 0 aliphatic carbocycles. The normalized spacial score (nSPS) is 13.6. The van der Waals surface area contributed by atoms with E-state index in [0.717, 1.165) is 0 Å². The van der Waals surface area contributed by atoms with Gasteiger partial charge in [-0.25, -0.2) is 0 Å². The fourth-order valence-corrected chi connectivity index (χ4v) is 2.58. The van der Waals surface area contributed by atoms with E-state index in [2.05, 4.69) is 51.8 Å². The summed E-state index contributed by atoms with van der Waals surface area (Å²) in [4.78, 5) is 3.20. The molecule has 0 N–H and O–H groups in total. The summed E-state index contributed by atoms with van der Waals surface area (Å²) >= 11 is 8.82. The first-order chi connectivity index (χ1) is 4.61. The Morgan fingerprint density at radius 1 is 1.60 bits per heavy atom. The highest BCUT2D eigenvalue weighted by Gasteiger charge is 2.06. The molecule has 0 bridgehead atoms. The Bertz CT molecular complexity index is 208. The molecule has 3 heteroatoms. The van der Waals surface area contributed by atoms with Crippen LogP contribution < -0.4 is 0 Å². The molecule has 0 nitrogen and oxygen atoms in total. The van der Waals surface area contributed by atoms with Gasteiger partial charge in [0.25, 0.3) is 0 Å². The molecular formula is C7H8Br2S. The number of alkyl halides is 1. The number of hydrogen-bond acceptors (Lipinski definition) is 1. The lowest BCUT2D eigenvalue weighted by Gasteiger charge is -1.94. The zero-order chi connectivity index (χ0) is 7.72. The summed E-state index contributed by atoms with van der Waals surface area (Å²) in [7, 11) is 0. The highest BCUT2D eigenvalue weighted by Crippen LogP contribution is 2.33. The van der Waals surface area contributed by atoms with Gasteiger partial charge in [-0.15, -0.1) is 11.3 Å². The van der Waals surface area contributed by atoms with Crippen LogP contribution in [0.15, 0.2) is 10.5 Å². The smallest absolute Gasteiger partial charge is 0.0461 e. The van der Waals surface area contributed by atoms with E-state index in [1.165, 1.54) is 14.2 Å². The van der Waals surface area contributed by atoms with Gasteiger partial charge in [0, 0.05) is 19.1 Å².